The van der Waals surface area contributed by atoms with Gasteiger partial charge in [0.25, 0.3) is 0 Å². The van der Waals surface area contributed by atoms with E-state index in [9.17, 15) is 14.7 Å². The number of carbonyl (C=O) groups is 2. The summed E-state index contributed by atoms with van der Waals surface area (Å²) >= 11 is 0. The number of hydrogen-bond acceptors (Lipinski definition) is 5. The standard InChI is InChI=1S/C15H24O5/c1-10-4-5-12(11(2)8-16)15(9-17)13(10)6-7-14(3,18)19-20-15/h8-13,18H,4-7H2,1-3H3/t10-,11+,12?,13?,14+,15+/m1/s1. The van der Waals surface area contributed by atoms with Crippen molar-refractivity contribution in [3.63, 3.8) is 0 Å². The van der Waals surface area contributed by atoms with Crippen LogP contribution in [0.4, 0.5) is 0 Å². The quantitative estimate of drug-likeness (QED) is 0.632. The molecular formula is C15H24O5. The molecule has 1 saturated heterocycles. The molecule has 0 aromatic heterocycles. The summed E-state index contributed by atoms with van der Waals surface area (Å²) in [6, 6.07) is 0. The smallest absolute Gasteiger partial charge is 0.196 e. The van der Waals surface area contributed by atoms with Gasteiger partial charge in [-0.15, -0.1) is 0 Å². The van der Waals surface area contributed by atoms with E-state index >= 15 is 0 Å². The molecule has 0 bridgehead atoms. The maximum atomic E-state index is 11.9. The van der Waals surface area contributed by atoms with Crippen molar-refractivity contribution in [2.45, 2.75) is 57.8 Å². The second-order valence-electron chi connectivity index (χ2n) is 6.61. The van der Waals surface area contributed by atoms with Gasteiger partial charge in [0.15, 0.2) is 17.7 Å². The van der Waals surface area contributed by atoms with Crippen molar-refractivity contribution in [3.05, 3.63) is 0 Å². The van der Waals surface area contributed by atoms with Crippen LogP contribution in [-0.2, 0) is 19.4 Å². The lowest BCUT2D eigenvalue weighted by Gasteiger charge is -2.47. The van der Waals surface area contributed by atoms with E-state index in [2.05, 4.69) is 6.92 Å². The monoisotopic (exact) mass is 284 g/mol. The van der Waals surface area contributed by atoms with E-state index < -0.39 is 11.4 Å². The minimum Gasteiger partial charge on any atom is -0.363 e. The molecular weight excluding hydrogens is 260 g/mol. The molecule has 2 rings (SSSR count). The van der Waals surface area contributed by atoms with Gasteiger partial charge >= 0.3 is 0 Å². The molecule has 1 aliphatic heterocycles. The average Bonchev–Trinajstić information content (AvgIpc) is 2.56. The molecule has 0 aromatic carbocycles. The van der Waals surface area contributed by atoms with E-state index in [4.69, 9.17) is 9.78 Å². The molecule has 2 aliphatic rings. The highest BCUT2D eigenvalue weighted by Gasteiger charge is 2.56. The maximum absolute atomic E-state index is 11.9. The highest BCUT2D eigenvalue weighted by molar-refractivity contribution is 5.66. The lowest BCUT2D eigenvalue weighted by molar-refractivity contribution is -0.451. The van der Waals surface area contributed by atoms with Crippen LogP contribution >= 0.6 is 0 Å². The Bertz CT molecular complexity index is 380. The van der Waals surface area contributed by atoms with Crippen molar-refractivity contribution in [2.24, 2.45) is 23.7 Å². The summed E-state index contributed by atoms with van der Waals surface area (Å²) in [6.45, 7) is 5.43. The first-order chi connectivity index (χ1) is 9.36. The fourth-order valence-electron chi connectivity index (χ4n) is 3.81. The molecule has 2 fully saturated rings. The van der Waals surface area contributed by atoms with Crippen molar-refractivity contribution < 1.29 is 24.5 Å². The van der Waals surface area contributed by atoms with Gasteiger partial charge in [0, 0.05) is 24.2 Å². The number of hydrogen-bond donors (Lipinski definition) is 1. The summed E-state index contributed by atoms with van der Waals surface area (Å²) in [6.07, 6.45) is 4.43. The second kappa shape index (κ2) is 5.54. The van der Waals surface area contributed by atoms with E-state index in [0.29, 0.717) is 18.8 Å². The summed E-state index contributed by atoms with van der Waals surface area (Å²) in [5.41, 5.74) is -1.13. The van der Waals surface area contributed by atoms with Gasteiger partial charge in [-0.1, -0.05) is 13.8 Å². The van der Waals surface area contributed by atoms with E-state index in [0.717, 1.165) is 25.4 Å². The third-order valence-electron chi connectivity index (χ3n) is 5.10. The van der Waals surface area contributed by atoms with Gasteiger partial charge < -0.3 is 9.90 Å². The predicted molar refractivity (Wildman–Crippen MR) is 71.4 cm³/mol. The molecule has 5 heteroatoms. The Kier molecular flexibility index (Phi) is 4.33. The second-order valence-corrected chi connectivity index (χ2v) is 6.61. The molecule has 5 nitrogen and oxygen atoms in total. The van der Waals surface area contributed by atoms with Crippen LogP contribution in [0.5, 0.6) is 0 Å². The normalized spacial score (nSPS) is 46.9. The summed E-state index contributed by atoms with van der Waals surface area (Å²) in [5, 5.41) is 10.0. The Hall–Kier alpha value is -0.780. The third kappa shape index (κ3) is 2.54. The summed E-state index contributed by atoms with van der Waals surface area (Å²) in [7, 11) is 0. The SMILES string of the molecule is C[C@@H]1CCC([C@@H](C)C=O)[C@]2(C=O)OO[C@](C)(O)CCC12. The molecule has 0 amide bonds. The first-order valence-electron chi connectivity index (χ1n) is 7.37. The minimum atomic E-state index is -1.39. The Labute approximate surface area is 119 Å². The number of carbonyl (C=O) groups excluding carboxylic acids is 2. The van der Waals surface area contributed by atoms with Crippen LogP contribution in [0, 0.1) is 23.7 Å². The molecule has 1 heterocycles. The van der Waals surface area contributed by atoms with Crippen LogP contribution in [0.3, 0.4) is 0 Å². The van der Waals surface area contributed by atoms with Crippen molar-refractivity contribution in [2.75, 3.05) is 0 Å². The number of aliphatic hydroxyl groups is 1. The highest BCUT2D eigenvalue weighted by atomic mass is 17.2. The van der Waals surface area contributed by atoms with Crippen molar-refractivity contribution in [1.29, 1.82) is 0 Å². The van der Waals surface area contributed by atoms with Crippen LogP contribution in [0.2, 0.25) is 0 Å². The van der Waals surface area contributed by atoms with Gasteiger partial charge in [0.1, 0.15) is 6.29 Å². The van der Waals surface area contributed by atoms with E-state index in [-0.39, 0.29) is 17.8 Å². The predicted octanol–water partition coefficient (Wildman–Crippen LogP) is 1.87. The Morgan fingerprint density at radius 1 is 1.25 bits per heavy atom. The zero-order chi connectivity index (χ0) is 15.0. The number of rotatable bonds is 3. The molecule has 2 unspecified atom stereocenters. The van der Waals surface area contributed by atoms with Crippen molar-refractivity contribution >= 4 is 12.6 Å². The largest absolute Gasteiger partial charge is 0.363 e. The molecule has 1 saturated carbocycles. The minimum absolute atomic E-state index is 0.0323. The van der Waals surface area contributed by atoms with Crippen LogP contribution in [-0.4, -0.2) is 29.1 Å². The van der Waals surface area contributed by atoms with Crippen LogP contribution in [0.15, 0.2) is 0 Å². The van der Waals surface area contributed by atoms with Gasteiger partial charge in [0.05, 0.1) is 0 Å². The first kappa shape index (κ1) is 15.6. The molecule has 0 spiro atoms. The lowest BCUT2D eigenvalue weighted by Crippen LogP contribution is -2.56. The zero-order valence-corrected chi connectivity index (χ0v) is 12.4. The molecule has 1 aliphatic carbocycles. The molecule has 0 aromatic rings. The van der Waals surface area contributed by atoms with Gasteiger partial charge in [-0.25, -0.2) is 9.78 Å². The van der Waals surface area contributed by atoms with Crippen LogP contribution in [0.25, 0.3) is 0 Å². The fraction of sp³-hybridized carbons (Fsp3) is 0.867. The number of fused-ring (bicyclic) bond motifs is 1. The Morgan fingerprint density at radius 2 is 1.95 bits per heavy atom. The lowest BCUT2D eigenvalue weighted by atomic mass is 9.60. The summed E-state index contributed by atoms with van der Waals surface area (Å²) < 4.78 is 0. The van der Waals surface area contributed by atoms with Crippen LogP contribution in [0.1, 0.15) is 46.5 Å². The van der Waals surface area contributed by atoms with Crippen molar-refractivity contribution in [3.8, 4) is 0 Å². The molecule has 20 heavy (non-hydrogen) atoms. The summed E-state index contributed by atoms with van der Waals surface area (Å²) in [5.74, 6) is -1.60. The number of aldehydes is 2. The average molecular weight is 284 g/mol. The maximum Gasteiger partial charge on any atom is 0.196 e. The van der Waals surface area contributed by atoms with E-state index in [1.165, 1.54) is 6.92 Å². The topological polar surface area (TPSA) is 72.8 Å². The fourth-order valence-corrected chi connectivity index (χ4v) is 3.81. The van der Waals surface area contributed by atoms with Gasteiger partial charge in [0.2, 0.25) is 0 Å². The molecule has 0 radical (unpaired) electrons. The van der Waals surface area contributed by atoms with Gasteiger partial charge in [-0.05, 0) is 32.1 Å². The first-order valence-corrected chi connectivity index (χ1v) is 7.37. The van der Waals surface area contributed by atoms with E-state index in [1.54, 1.807) is 0 Å². The van der Waals surface area contributed by atoms with Gasteiger partial charge in [-0.3, -0.25) is 4.79 Å². The highest BCUT2D eigenvalue weighted by Crippen LogP contribution is 2.50. The third-order valence-corrected chi connectivity index (χ3v) is 5.10. The molecule has 6 atom stereocenters. The summed E-state index contributed by atoms with van der Waals surface area (Å²) in [4.78, 5) is 33.6. The Morgan fingerprint density at radius 3 is 2.55 bits per heavy atom. The van der Waals surface area contributed by atoms with Gasteiger partial charge in [-0.2, -0.15) is 0 Å². The van der Waals surface area contributed by atoms with Crippen LogP contribution < -0.4 is 0 Å². The van der Waals surface area contributed by atoms with Crippen molar-refractivity contribution in [1.82, 2.24) is 0 Å². The Balaban J connectivity index is 2.39. The van der Waals surface area contributed by atoms with E-state index in [1.807, 2.05) is 6.92 Å². The molecule has 1 N–H and O–H groups in total. The zero-order valence-electron chi connectivity index (χ0n) is 12.4. The molecule has 114 valence electrons.